The van der Waals surface area contributed by atoms with Gasteiger partial charge in [0.05, 0.1) is 6.61 Å². The van der Waals surface area contributed by atoms with Crippen LogP contribution >= 0.6 is 12.4 Å². The summed E-state index contributed by atoms with van der Waals surface area (Å²) in [4.78, 5) is 14.6. The highest BCUT2D eigenvalue weighted by Gasteiger charge is 2.38. The van der Waals surface area contributed by atoms with E-state index < -0.39 is 0 Å². The molecule has 1 aromatic carbocycles. The van der Waals surface area contributed by atoms with E-state index in [1.165, 1.54) is 12.8 Å². The number of nitrogens with zero attached hydrogens (tertiary/aromatic N) is 1. The summed E-state index contributed by atoms with van der Waals surface area (Å²) in [6.45, 7) is 6.84. The molecule has 2 atom stereocenters. The smallest absolute Gasteiger partial charge is 0.253 e. The Bertz CT molecular complexity index is 494. The monoisotopic (exact) mass is 338 g/mol. The molecule has 23 heavy (non-hydrogen) atoms. The van der Waals surface area contributed by atoms with E-state index >= 15 is 0 Å². The summed E-state index contributed by atoms with van der Waals surface area (Å²) in [6.07, 6.45) is 3.48. The molecule has 0 bridgehead atoms. The van der Waals surface area contributed by atoms with Crippen LogP contribution in [0.4, 0.5) is 0 Å². The van der Waals surface area contributed by atoms with Crippen molar-refractivity contribution in [3.05, 3.63) is 29.8 Å². The van der Waals surface area contributed by atoms with Crippen molar-refractivity contribution < 1.29 is 9.53 Å². The van der Waals surface area contributed by atoms with Crippen LogP contribution in [0.25, 0.3) is 0 Å². The summed E-state index contributed by atoms with van der Waals surface area (Å²) in [5, 5.41) is 3.40. The van der Waals surface area contributed by atoms with Gasteiger partial charge in [0.2, 0.25) is 0 Å². The fourth-order valence-corrected chi connectivity index (χ4v) is 3.44. The van der Waals surface area contributed by atoms with Crippen LogP contribution in [0.1, 0.15) is 36.5 Å². The van der Waals surface area contributed by atoms with Gasteiger partial charge in [-0.2, -0.15) is 0 Å². The maximum absolute atomic E-state index is 12.6. The molecular formula is C18H27ClN2O2. The lowest BCUT2D eigenvalue weighted by Crippen LogP contribution is -2.31. The SMILES string of the molecule is CCCCCOc1ccc(C(=O)N2C[C@H]3CNC[C@H]3C2)cc1.Cl. The Morgan fingerprint density at radius 1 is 1.17 bits per heavy atom. The van der Waals surface area contributed by atoms with Crippen molar-refractivity contribution in [3.8, 4) is 5.75 Å². The molecule has 4 nitrogen and oxygen atoms in total. The number of benzene rings is 1. The van der Waals surface area contributed by atoms with E-state index in [1.54, 1.807) is 0 Å². The Labute approximate surface area is 145 Å². The molecule has 2 saturated heterocycles. The second-order valence-corrected chi connectivity index (χ2v) is 6.47. The van der Waals surface area contributed by atoms with Gasteiger partial charge >= 0.3 is 0 Å². The lowest BCUT2D eigenvalue weighted by Gasteiger charge is -2.17. The normalized spacial score (nSPS) is 22.6. The first-order valence-electron chi connectivity index (χ1n) is 8.50. The number of fused-ring (bicyclic) bond motifs is 1. The third kappa shape index (κ3) is 4.39. The molecule has 0 aromatic heterocycles. The lowest BCUT2D eigenvalue weighted by atomic mass is 10.0. The molecule has 2 fully saturated rings. The van der Waals surface area contributed by atoms with Crippen LogP contribution in [0.5, 0.6) is 5.75 Å². The van der Waals surface area contributed by atoms with Gasteiger partial charge < -0.3 is 15.0 Å². The van der Waals surface area contributed by atoms with Gasteiger partial charge in [0.1, 0.15) is 5.75 Å². The topological polar surface area (TPSA) is 41.6 Å². The molecule has 128 valence electrons. The molecule has 0 unspecified atom stereocenters. The maximum Gasteiger partial charge on any atom is 0.253 e. The molecule has 0 aliphatic carbocycles. The zero-order valence-electron chi connectivity index (χ0n) is 13.8. The summed E-state index contributed by atoms with van der Waals surface area (Å²) < 4.78 is 5.70. The van der Waals surface area contributed by atoms with Crippen LogP contribution in [0.3, 0.4) is 0 Å². The summed E-state index contributed by atoms with van der Waals surface area (Å²) in [5.74, 6) is 2.30. The van der Waals surface area contributed by atoms with Crippen molar-refractivity contribution in [2.75, 3.05) is 32.8 Å². The number of rotatable bonds is 6. The molecule has 2 aliphatic rings. The van der Waals surface area contributed by atoms with E-state index in [9.17, 15) is 4.79 Å². The van der Waals surface area contributed by atoms with E-state index in [2.05, 4.69) is 12.2 Å². The Hall–Kier alpha value is -1.26. The highest BCUT2D eigenvalue weighted by molar-refractivity contribution is 5.94. The van der Waals surface area contributed by atoms with E-state index in [-0.39, 0.29) is 18.3 Å². The van der Waals surface area contributed by atoms with Crippen molar-refractivity contribution in [1.82, 2.24) is 10.2 Å². The summed E-state index contributed by atoms with van der Waals surface area (Å²) in [5.41, 5.74) is 0.772. The average Bonchev–Trinajstić information content (AvgIpc) is 3.13. The standard InChI is InChI=1S/C18H26N2O2.ClH/c1-2-3-4-9-22-17-7-5-14(6-8-17)18(21)20-12-15-10-19-11-16(15)13-20;/h5-8,15-16,19H,2-4,9-13H2,1H3;1H/t15-,16+;. The molecular weight excluding hydrogens is 312 g/mol. The van der Waals surface area contributed by atoms with Gasteiger partial charge in [0, 0.05) is 31.7 Å². The van der Waals surface area contributed by atoms with E-state index in [4.69, 9.17) is 4.74 Å². The minimum absolute atomic E-state index is 0. The molecule has 3 rings (SSSR count). The minimum atomic E-state index is 0. The van der Waals surface area contributed by atoms with Crippen molar-refractivity contribution in [2.45, 2.75) is 26.2 Å². The summed E-state index contributed by atoms with van der Waals surface area (Å²) in [6, 6.07) is 7.61. The molecule has 5 heteroatoms. The van der Waals surface area contributed by atoms with Gasteiger partial charge in [-0.3, -0.25) is 4.79 Å². The van der Waals surface area contributed by atoms with Crippen LogP contribution in [-0.2, 0) is 0 Å². The van der Waals surface area contributed by atoms with Crippen molar-refractivity contribution in [2.24, 2.45) is 11.8 Å². The Kier molecular flexibility index (Phi) is 6.72. The number of hydrogen-bond donors (Lipinski definition) is 1. The van der Waals surface area contributed by atoms with Gasteiger partial charge in [-0.1, -0.05) is 19.8 Å². The van der Waals surface area contributed by atoms with Crippen LogP contribution in [-0.4, -0.2) is 43.6 Å². The van der Waals surface area contributed by atoms with Gasteiger partial charge in [-0.05, 0) is 42.5 Å². The number of ether oxygens (including phenoxy) is 1. The number of hydrogen-bond acceptors (Lipinski definition) is 3. The van der Waals surface area contributed by atoms with Gasteiger partial charge in [0.15, 0.2) is 0 Å². The third-order valence-electron chi connectivity index (χ3n) is 4.79. The first kappa shape index (κ1) is 18.1. The van der Waals surface area contributed by atoms with Crippen LogP contribution in [0, 0.1) is 11.8 Å². The first-order chi connectivity index (χ1) is 10.8. The van der Waals surface area contributed by atoms with Crippen LogP contribution < -0.4 is 10.1 Å². The predicted molar refractivity (Wildman–Crippen MR) is 94.5 cm³/mol. The van der Waals surface area contributed by atoms with Gasteiger partial charge in [0.25, 0.3) is 5.91 Å². The number of nitrogens with one attached hydrogen (secondary N) is 1. The van der Waals surface area contributed by atoms with E-state index in [1.807, 2.05) is 29.2 Å². The van der Waals surface area contributed by atoms with Crippen LogP contribution in [0.15, 0.2) is 24.3 Å². The Morgan fingerprint density at radius 3 is 2.43 bits per heavy atom. The minimum Gasteiger partial charge on any atom is -0.494 e. The van der Waals surface area contributed by atoms with Crippen molar-refractivity contribution >= 4 is 18.3 Å². The highest BCUT2D eigenvalue weighted by atomic mass is 35.5. The molecule has 1 N–H and O–H groups in total. The zero-order chi connectivity index (χ0) is 15.4. The molecule has 1 amide bonds. The molecule has 2 aliphatic heterocycles. The van der Waals surface area contributed by atoms with E-state index in [0.717, 1.165) is 50.5 Å². The maximum atomic E-state index is 12.6. The molecule has 0 saturated carbocycles. The summed E-state index contributed by atoms with van der Waals surface area (Å²) in [7, 11) is 0. The molecule has 0 spiro atoms. The van der Waals surface area contributed by atoms with Crippen molar-refractivity contribution in [1.29, 1.82) is 0 Å². The van der Waals surface area contributed by atoms with E-state index in [0.29, 0.717) is 11.8 Å². The summed E-state index contributed by atoms with van der Waals surface area (Å²) >= 11 is 0. The van der Waals surface area contributed by atoms with Crippen molar-refractivity contribution in [3.63, 3.8) is 0 Å². The quantitative estimate of drug-likeness (QED) is 0.811. The molecule has 0 radical (unpaired) electrons. The second-order valence-electron chi connectivity index (χ2n) is 6.47. The number of carbonyl (C=O) groups excluding carboxylic acids is 1. The fraction of sp³-hybridized carbons (Fsp3) is 0.611. The number of amides is 1. The van der Waals surface area contributed by atoms with Gasteiger partial charge in [-0.15, -0.1) is 12.4 Å². The number of unbranched alkanes of at least 4 members (excludes halogenated alkanes) is 2. The van der Waals surface area contributed by atoms with Crippen LogP contribution in [0.2, 0.25) is 0 Å². The average molecular weight is 339 g/mol. The largest absolute Gasteiger partial charge is 0.494 e. The first-order valence-corrected chi connectivity index (χ1v) is 8.50. The molecule has 1 aromatic rings. The second kappa shape index (κ2) is 8.55. The fourth-order valence-electron chi connectivity index (χ4n) is 3.44. The number of halogens is 1. The molecule has 2 heterocycles. The highest BCUT2D eigenvalue weighted by Crippen LogP contribution is 2.27. The Balaban J connectivity index is 0.00000192. The third-order valence-corrected chi connectivity index (χ3v) is 4.79. The Morgan fingerprint density at radius 2 is 1.83 bits per heavy atom. The zero-order valence-corrected chi connectivity index (χ0v) is 14.6. The number of carbonyl (C=O) groups is 1. The lowest BCUT2D eigenvalue weighted by molar-refractivity contribution is 0.0781. The predicted octanol–water partition coefficient (Wildman–Crippen LogP) is 2.97. The van der Waals surface area contributed by atoms with Gasteiger partial charge in [-0.25, -0.2) is 0 Å². The number of likely N-dealkylation sites (tertiary alicyclic amines) is 1.